The summed E-state index contributed by atoms with van der Waals surface area (Å²) in [5, 5.41) is 1.04. The van der Waals surface area contributed by atoms with Gasteiger partial charge in [0.1, 0.15) is 23.7 Å². The van der Waals surface area contributed by atoms with Crippen molar-refractivity contribution in [3.05, 3.63) is 63.9 Å². The van der Waals surface area contributed by atoms with Crippen LogP contribution in [0, 0.1) is 11.7 Å². The van der Waals surface area contributed by atoms with E-state index in [1.165, 1.54) is 13.2 Å². The number of hydrogen-bond acceptors (Lipinski definition) is 5. The molecule has 0 radical (unpaired) electrons. The van der Waals surface area contributed by atoms with E-state index >= 15 is 0 Å². The van der Waals surface area contributed by atoms with Gasteiger partial charge in [-0.05, 0) is 68.5 Å². The molecule has 8 heteroatoms. The van der Waals surface area contributed by atoms with Crippen LogP contribution in [0.5, 0.6) is 5.75 Å². The van der Waals surface area contributed by atoms with Crippen molar-refractivity contribution in [2.75, 3.05) is 39.8 Å². The lowest BCUT2D eigenvalue weighted by Crippen LogP contribution is -2.49. The molecule has 2 aromatic carbocycles. The second-order valence-electron chi connectivity index (χ2n) is 9.51. The molecule has 0 bridgehead atoms. The standard InChI is InChI=1S/C27H33Cl2FN2O3/c1-34-27(33)26(16-20-4-2-3-5-25(20)30)32-14-8-19(9-15-32)18-31-12-10-21(11-13-31)35-22-6-7-23(28)24(29)17-22/h2-7,17,19,21,26H,8-16,18H2,1H3. The van der Waals surface area contributed by atoms with Crippen LogP contribution >= 0.6 is 23.2 Å². The van der Waals surface area contributed by atoms with Gasteiger partial charge in [-0.2, -0.15) is 0 Å². The summed E-state index contributed by atoms with van der Waals surface area (Å²) in [7, 11) is 1.40. The fraction of sp³-hybridized carbons (Fsp3) is 0.519. The lowest BCUT2D eigenvalue weighted by atomic mass is 9.93. The molecule has 2 aliphatic heterocycles. The number of esters is 1. The summed E-state index contributed by atoms with van der Waals surface area (Å²) in [6, 6.07) is 11.6. The fourth-order valence-electron chi connectivity index (χ4n) is 5.13. The fourth-order valence-corrected chi connectivity index (χ4v) is 5.42. The zero-order valence-corrected chi connectivity index (χ0v) is 21.6. The highest BCUT2D eigenvalue weighted by molar-refractivity contribution is 6.42. The van der Waals surface area contributed by atoms with E-state index in [1.54, 1.807) is 30.3 Å². The second kappa shape index (κ2) is 12.4. The Bertz CT molecular complexity index is 992. The third-order valence-electron chi connectivity index (χ3n) is 7.18. The number of methoxy groups -OCH3 is 1. The van der Waals surface area contributed by atoms with Gasteiger partial charge < -0.3 is 14.4 Å². The average molecular weight is 523 g/mol. The van der Waals surface area contributed by atoms with Crippen LogP contribution in [-0.2, 0) is 16.0 Å². The van der Waals surface area contributed by atoms with E-state index in [1.807, 2.05) is 6.07 Å². The van der Waals surface area contributed by atoms with Gasteiger partial charge >= 0.3 is 5.97 Å². The normalized spacial score (nSPS) is 19.4. The quantitative estimate of drug-likeness (QED) is 0.430. The maximum absolute atomic E-state index is 14.2. The number of benzene rings is 2. The molecule has 190 valence electrons. The van der Waals surface area contributed by atoms with Crippen molar-refractivity contribution in [1.29, 1.82) is 0 Å². The molecular formula is C27H33Cl2FN2O3. The van der Waals surface area contributed by atoms with Crippen molar-refractivity contribution >= 4 is 29.2 Å². The van der Waals surface area contributed by atoms with Crippen molar-refractivity contribution in [2.45, 2.75) is 44.2 Å². The molecule has 35 heavy (non-hydrogen) atoms. The van der Waals surface area contributed by atoms with E-state index < -0.39 is 6.04 Å². The predicted molar refractivity (Wildman–Crippen MR) is 137 cm³/mol. The van der Waals surface area contributed by atoms with Crippen LogP contribution in [0.25, 0.3) is 0 Å². The second-order valence-corrected chi connectivity index (χ2v) is 10.3. The smallest absolute Gasteiger partial charge is 0.323 e. The molecule has 1 unspecified atom stereocenters. The van der Waals surface area contributed by atoms with Gasteiger partial charge in [-0.1, -0.05) is 41.4 Å². The first-order chi connectivity index (χ1) is 16.9. The van der Waals surface area contributed by atoms with Gasteiger partial charge in [-0.3, -0.25) is 9.69 Å². The Morgan fingerprint density at radius 2 is 1.74 bits per heavy atom. The summed E-state index contributed by atoms with van der Waals surface area (Å²) >= 11 is 12.1. The molecule has 0 aliphatic carbocycles. The van der Waals surface area contributed by atoms with Crippen molar-refractivity contribution in [3.8, 4) is 5.75 Å². The highest BCUT2D eigenvalue weighted by atomic mass is 35.5. The van der Waals surface area contributed by atoms with Crippen molar-refractivity contribution in [1.82, 2.24) is 9.80 Å². The molecule has 0 saturated carbocycles. The van der Waals surface area contributed by atoms with E-state index in [2.05, 4.69) is 9.80 Å². The van der Waals surface area contributed by atoms with Gasteiger partial charge in [0, 0.05) is 32.1 Å². The van der Waals surface area contributed by atoms with Gasteiger partial charge in [-0.25, -0.2) is 4.39 Å². The third kappa shape index (κ3) is 7.10. The number of ether oxygens (including phenoxy) is 2. The minimum Gasteiger partial charge on any atom is -0.490 e. The van der Waals surface area contributed by atoms with Crippen molar-refractivity contribution in [3.63, 3.8) is 0 Å². The van der Waals surface area contributed by atoms with E-state index in [-0.39, 0.29) is 17.9 Å². The van der Waals surface area contributed by atoms with E-state index in [4.69, 9.17) is 32.7 Å². The first-order valence-electron chi connectivity index (χ1n) is 12.3. The maximum atomic E-state index is 14.2. The van der Waals surface area contributed by atoms with Crippen LogP contribution in [0.3, 0.4) is 0 Å². The van der Waals surface area contributed by atoms with Crippen LogP contribution in [0.4, 0.5) is 4.39 Å². The number of rotatable bonds is 8. The third-order valence-corrected chi connectivity index (χ3v) is 7.92. The molecule has 1 atom stereocenters. The summed E-state index contributed by atoms with van der Waals surface area (Å²) in [5.41, 5.74) is 0.552. The Hall–Kier alpha value is -1.86. The van der Waals surface area contributed by atoms with E-state index in [0.717, 1.165) is 64.2 Å². The lowest BCUT2D eigenvalue weighted by Gasteiger charge is -2.39. The Balaban J connectivity index is 1.23. The predicted octanol–water partition coefficient (Wildman–Crippen LogP) is 5.47. The van der Waals surface area contributed by atoms with Crippen molar-refractivity contribution in [2.24, 2.45) is 5.92 Å². The molecule has 2 saturated heterocycles. The summed E-state index contributed by atoms with van der Waals surface area (Å²) < 4.78 is 25.4. The molecule has 0 spiro atoms. The molecule has 2 aromatic rings. The minimum absolute atomic E-state index is 0.185. The Kier molecular flexibility index (Phi) is 9.28. The number of carbonyl (C=O) groups is 1. The molecule has 2 fully saturated rings. The number of hydrogen-bond donors (Lipinski definition) is 0. The molecule has 0 aromatic heterocycles. The topological polar surface area (TPSA) is 42.0 Å². The zero-order valence-electron chi connectivity index (χ0n) is 20.1. The minimum atomic E-state index is -0.452. The summed E-state index contributed by atoms with van der Waals surface area (Å²) in [6.45, 7) is 4.70. The lowest BCUT2D eigenvalue weighted by molar-refractivity contribution is -0.147. The first kappa shape index (κ1) is 26.2. The van der Waals surface area contributed by atoms with E-state index in [0.29, 0.717) is 27.9 Å². The largest absolute Gasteiger partial charge is 0.490 e. The molecule has 0 N–H and O–H groups in total. The van der Waals surface area contributed by atoms with Crippen LogP contribution in [-0.4, -0.2) is 67.7 Å². The van der Waals surface area contributed by atoms with Gasteiger partial charge in [0.2, 0.25) is 0 Å². The first-order valence-corrected chi connectivity index (χ1v) is 13.1. The molecule has 2 heterocycles. The van der Waals surface area contributed by atoms with Crippen LogP contribution in [0.2, 0.25) is 10.0 Å². The van der Waals surface area contributed by atoms with Crippen LogP contribution in [0.1, 0.15) is 31.2 Å². The van der Waals surface area contributed by atoms with Gasteiger partial charge in [-0.15, -0.1) is 0 Å². The molecule has 0 amide bonds. The van der Waals surface area contributed by atoms with Crippen molar-refractivity contribution < 1.29 is 18.7 Å². The summed E-state index contributed by atoms with van der Waals surface area (Å²) in [6.07, 6.45) is 4.51. The number of halogens is 3. The Morgan fingerprint density at radius 1 is 1.03 bits per heavy atom. The van der Waals surface area contributed by atoms with E-state index in [9.17, 15) is 9.18 Å². The zero-order chi connectivity index (χ0) is 24.8. The Morgan fingerprint density at radius 3 is 2.40 bits per heavy atom. The number of carbonyl (C=O) groups excluding carboxylic acids is 1. The van der Waals surface area contributed by atoms with Crippen LogP contribution < -0.4 is 4.74 Å². The van der Waals surface area contributed by atoms with Crippen LogP contribution in [0.15, 0.2) is 42.5 Å². The summed E-state index contributed by atoms with van der Waals surface area (Å²) in [4.78, 5) is 17.2. The number of piperidine rings is 2. The monoisotopic (exact) mass is 522 g/mol. The number of likely N-dealkylation sites (tertiary alicyclic amines) is 2. The van der Waals surface area contributed by atoms with Gasteiger partial charge in [0.05, 0.1) is 17.2 Å². The summed E-state index contributed by atoms with van der Waals surface area (Å²) in [5.74, 6) is 0.782. The molecular weight excluding hydrogens is 490 g/mol. The molecule has 4 rings (SSSR count). The molecule has 2 aliphatic rings. The Labute approximate surface area is 217 Å². The number of nitrogens with zero attached hydrogens (tertiary/aromatic N) is 2. The highest BCUT2D eigenvalue weighted by Gasteiger charge is 2.32. The maximum Gasteiger partial charge on any atom is 0.323 e. The van der Waals surface area contributed by atoms with Gasteiger partial charge in [0.15, 0.2) is 0 Å². The average Bonchev–Trinajstić information content (AvgIpc) is 2.87. The van der Waals surface area contributed by atoms with Gasteiger partial charge in [0.25, 0.3) is 0 Å². The highest BCUT2D eigenvalue weighted by Crippen LogP contribution is 2.29. The molecule has 5 nitrogen and oxygen atoms in total. The SMILES string of the molecule is COC(=O)C(Cc1ccccc1F)N1CCC(CN2CCC(Oc3ccc(Cl)c(Cl)c3)CC2)CC1.